The van der Waals surface area contributed by atoms with E-state index in [-0.39, 0.29) is 278 Å². The molecule has 0 atom stereocenters. The van der Waals surface area contributed by atoms with Gasteiger partial charge < -0.3 is 85.8 Å². The Morgan fingerprint density at radius 3 is 0.511 bits per heavy atom. The Balaban J connectivity index is 1.80. The van der Waals surface area contributed by atoms with Gasteiger partial charge >= 0.3 is 102 Å². The van der Waals surface area contributed by atoms with Gasteiger partial charge in [-0.05, 0) is 328 Å². The summed E-state index contributed by atoms with van der Waals surface area (Å²) in [6, 6.07) is 0. The number of esters is 16. The molecule has 0 spiro atoms. The monoisotopic (exact) mass is 2010 g/mol. The van der Waals surface area contributed by atoms with Gasteiger partial charge in [0.1, 0.15) is 6.61 Å². The molecule has 0 unspecified atom stereocenters. The summed E-state index contributed by atoms with van der Waals surface area (Å²) in [5.41, 5.74) is -0.571. The first-order chi connectivity index (χ1) is 68.4. The molecule has 1 N–H and O–H groups in total. The molecule has 0 bridgehead atoms. The lowest BCUT2D eigenvalue weighted by Gasteiger charge is -2.20. The van der Waals surface area contributed by atoms with Crippen LogP contribution < -0.4 is 5.32 Å². The third-order valence-electron chi connectivity index (χ3n) is 23.5. The van der Waals surface area contributed by atoms with Crippen LogP contribution in [0.25, 0.3) is 0 Å². The summed E-state index contributed by atoms with van der Waals surface area (Å²) < 4.78 is 90.1. The number of nitrogens with one attached hydrogen (secondary N) is 1. The number of unbranched alkanes of at least 4 members (excludes halogenated alkanes) is 30. The summed E-state index contributed by atoms with van der Waals surface area (Å²) in [6.45, 7) is 10.4. The van der Waals surface area contributed by atoms with Crippen LogP contribution >= 0.6 is 0 Å². The number of ether oxygens (including phenoxy) is 17. The SMILES string of the molecule is CCC(C)(C)C(=O)OCCNC(=O)OCCCCCC(=O)OCCCCCC(=O)OCCCCCC(=O)OCCCCCC(=O)OCCCCCC(=O)OCCCCCC(=O)OCCCCCC(=O)OCCCCCC(=O)OCCCCCC(=O)OCCCCCC(=O)OCCCCCC(=O)OCCCCCC(=O)OCCCCCC(=O)OCCCCCC(=O)OCCCCCC(=O)OCC1CCCCC1. The lowest BCUT2D eigenvalue weighted by atomic mass is 9.90. The third-order valence-corrected chi connectivity index (χ3v) is 23.5. The number of alkyl carbamates (subject to hydrolysis) is 1. The zero-order valence-corrected chi connectivity index (χ0v) is 86.4. The molecular weight excluding hydrogens is 1830 g/mol. The lowest BCUT2D eigenvalue weighted by molar-refractivity contribution is -0.154. The van der Waals surface area contributed by atoms with Crippen LogP contribution in [0.3, 0.4) is 0 Å². The molecule has 35 heteroatoms. The van der Waals surface area contributed by atoms with Crippen molar-refractivity contribution in [1.29, 1.82) is 0 Å². The standard InChI is InChI=1S/C106H179NO34/c1-4-106(2,3)104(123)139-86-70-107-105(124)140-85-52-20-36-68-102(121)137-83-50-18-34-66-100(119)135-81-48-16-32-64-98(117)133-79-46-14-30-62-96(115)131-77-44-12-28-60-94(113)129-75-42-10-26-58-92(111)127-73-40-8-24-56-90(109)125-71-38-6-23-55-89(108)126-72-39-7-25-57-91(110)128-74-41-9-27-59-93(112)130-76-43-11-29-61-95(114)132-78-45-13-31-63-97(116)134-80-47-15-33-65-99(118)136-82-49-17-35-67-101(120)138-84-51-19-37-69-103(122)141-87-88-53-21-5-22-54-88/h88H,4-87H2,1-3H3,(H,107,124). The highest BCUT2D eigenvalue weighted by molar-refractivity contribution is 5.77. The van der Waals surface area contributed by atoms with Crippen molar-refractivity contribution in [3.05, 3.63) is 0 Å². The largest absolute Gasteiger partial charge is 0.466 e. The molecule has 0 aromatic carbocycles. The highest BCUT2D eigenvalue weighted by atomic mass is 16.6. The molecule has 0 aliphatic heterocycles. The Morgan fingerprint density at radius 2 is 0.348 bits per heavy atom. The average molecular weight is 2010 g/mol. The Bertz CT molecular complexity index is 3210. The lowest BCUT2D eigenvalue weighted by Crippen LogP contribution is -2.32. The van der Waals surface area contributed by atoms with E-state index in [0.717, 1.165) is 38.5 Å². The van der Waals surface area contributed by atoms with Crippen LogP contribution in [0.15, 0.2) is 0 Å². The fraction of sp³-hybridized carbons (Fsp3) is 0.840. The van der Waals surface area contributed by atoms with Crippen LogP contribution in [0.2, 0.25) is 0 Å². The first-order valence-corrected chi connectivity index (χ1v) is 53.8. The fourth-order valence-electron chi connectivity index (χ4n) is 14.3. The predicted octanol–water partition coefficient (Wildman–Crippen LogP) is 19.8. The van der Waals surface area contributed by atoms with E-state index in [1.807, 2.05) is 6.92 Å². The van der Waals surface area contributed by atoms with Crippen LogP contribution in [-0.2, 0) is 157 Å². The summed E-state index contributed by atoms with van der Waals surface area (Å²) in [5.74, 6) is -3.98. The summed E-state index contributed by atoms with van der Waals surface area (Å²) in [5, 5.41) is 2.53. The van der Waals surface area contributed by atoms with Gasteiger partial charge in [-0.1, -0.05) is 26.2 Å². The third kappa shape index (κ3) is 90.5. The molecule has 1 rings (SSSR count). The first kappa shape index (κ1) is 130. The van der Waals surface area contributed by atoms with E-state index in [1.54, 1.807) is 13.8 Å². The Kier molecular flexibility index (Phi) is 86.9. The Hall–Kier alpha value is -9.21. The zero-order chi connectivity index (χ0) is 103. The second-order valence-corrected chi connectivity index (χ2v) is 36.9. The molecule has 1 amide bonds. The van der Waals surface area contributed by atoms with Gasteiger partial charge in [-0.2, -0.15) is 0 Å². The maximum absolute atomic E-state index is 12.2. The highest BCUT2D eigenvalue weighted by Crippen LogP contribution is 2.25. The van der Waals surface area contributed by atoms with Crippen LogP contribution in [0.1, 0.15) is 445 Å². The topological polar surface area (TPSA) is 459 Å². The molecule has 0 aromatic rings. The molecule has 35 nitrogen and oxygen atoms in total. The van der Waals surface area contributed by atoms with Crippen molar-refractivity contribution in [1.82, 2.24) is 5.32 Å². The maximum atomic E-state index is 12.2. The van der Waals surface area contributed by atoms with E-state index in [2.05, 4.69) is 5.32 Å². The van der Waals surface area contributed by atoms with E-state index in [1.165, 1.54) is 19.3 Å². The molecular formula is C106H179NO34. The molecule has 1 aliphatic carbocycles. The molecule has 0 aromatic heterocycles. The number of amides is 1. The van der Waals surface area contributed by atoms with Crippen molar-refractivity contribution in [2.24, 2.45) is 11.3 Å². The highest BCUT2D eigenvalue weighted by Gasteiger charge is 2.27. The van der Waals surface area contributed by atoms with Gasteiger partial charge in [-0.25, -0.2) is 4.79 Å². The molecule has 812 valence electrons. The van der Waals surface area contributed by atoms with Crippen molar-refractivity contribution < 1.29 is 162 Å². The van der Waals surface area contributed by atoms with Crippen LogP contribution in [0, 0.1) is 11.3 Å². The molecule has 0 heterocycles. The van der Waals surface area contributed by atoms with Crippen molar-refractivity contribution in [2.75, 3.05) is 119 Å². The van der Waals surface area contributed by atoms with E-state index in [0.29, 0.717) is 308 Å². The first-order valence-electron chi connectivity index (χ1n) is 53.8. The van der Waals surface area contributed by atoms with Crippen molar-refractivity contribution in [3.8, 4) is 0 Å². The summed E-state index contributed by atoms with van der Waals surface area (Å²) in [4.78, 5) is 206. The number of hydrogen-bond donors (Lipinski definition) is 1. The molecule has 0 radical (unpaired) electrons. The quantitative estimate of drug-likeness (QED) is 0.0336. The van der Waals surface area contributed by atoms with Crippen LogP contribution in [0.5, 0.6) is 0 Å². The summed E-state index contributed by atoms with van der Waals surface area (Å²) in [7, 11) is 0. The van der Waals surface area contributed by atoms with Gasteiger partial charge in [0, 0.05) is 96.3 Å². The van der Waals surface area contributed by atoms with E-state index >= 15 is 0 Å². The minimum absolute atomic E-state index is 0.0645. The van der Waals surface area contributed by atoms with Gasteiger partial charge in [0.25, 0.3) is 0 Å². The average Bonchev–Trinajstić information content (AvgIpc) is 0.894. The molecule has 1 saturated carbocycles. The van der Waals surface area contributed by atoms with Gasteiger partial charge in [0.15, 0.2) is 0 Å². The minimum Gasteiger partial charge on any atom is -0.466 e. The normalized spacial score (nSPS) is 11.8. The summed E-state index contributed by atoms with van der Waals surface area (Å²) >= 11 is 0. The second kappa shape index (κ2) is 94.4. The smallest absolute Gasteiger partial charge is 0.407 e. The van der Waals surface area contributed by atoms with Gasteiger partial charge in [0.05, 0.1) is 118 Å². The van der Waals surface area contributed by atoms with Gasteiger partial charge in [-0.3, -0.25) is 76.7 Å². The minimum atomic E-state index is -0.593. The molecule has 141 heavy (non-hydrogen) atoms. The van der Waals surface area contributed by atoms with Crippen molar-refractivity contribution >= 4 is 102 Å². The summed E-state index contributed by atoms with van der Waals surface area (Å²) in [6.07, 6.45) is 39.8. The predicted molar refractivity (Wildman–Crippen MR) is 522 cm³/mol. The van der Waals surface area contributed by atoms with Gasteiger partial charge in [-0.15, -0.1) is 0 Å². The van der Waals surface area contributed by atoms with Crippen molar-refractivity contribution in [3.63, 3.8) is 0 Å². The Labute approximate surface area is 839 Å². The van der Waals surface area contributed by atoms with E-state index in [4.69, 9.17) is 80.5 Å². The number of hydrogen-bond acceptors (Lipinski definition) is 34. The maximum Gasteiger partial charge on any atom is 0.407 e. The molecule has 1 fully saturated rings. The number of carbonyl (C=O) groups excluding carboxylic acids is 17. The zero-order valence-electron chi connectivity index (χ0n) is 86.4. The fourth-order valence-corrected chi connectivity index (χ4v) is 14.3. The second-order valence-electron chi connectivity index (χ2n) is 36.9. The number of rotatable bonds is 97. The van der Waals surface area contributed by atoms with Crippen LogP contribution in [-0.4, -0.2) is 220 Å². The molecule has 1 aliphatic rings. The van der Waals surface area contributed by atoms with Crippen LogP contribution in [0.4, 0.5) is 4.79 Å². The number of carbonyl (C=O) groups is 17. The van der Waals surface area contributed by atoms with E-state index in [9.17, 15) is 81.5 Å². The van der Waals surface area contributed by atoms with Gasteiger partial charge in [0.2, 0.25) is 0 Å². The van der Waals surface area contributed by atoms with E-state index < -0.39 is 11.5 Å². The Morgan fingerprint density at radius 1 is 0.191 bits per heavy atom. The van der Waals surface area contributed by atoms with Crippen molar-refractivity contribution in [2.45, 2.75) is 445 Å². The molecule has 0 saturated heterocycles.